The van der Waals surface area contributed by atoms with Crippen molar-refractivity contribution in [3.63, 3.8) is 0 Å². The van der Waals surface area contributed by atoms with Crippen LogP contribution in [0.2, 0.25) is 0 Å². The molecule has 2 heterocycles. The van der Waals surface area contributed by atoms with Crippen LogP contribution in [0.5, 0.6) is 5.88 Å². The van der Waals surface area contributed by atoms with Gasteiger partial charge in [0.25, 0.3) is 0 Å². The summed E-state index contributed by atoms with van der Waals surface area (Å²) >= 11 is 0. The zero-order chi connectivity index (χ0) is 21.6. The molecule has 1 aromatic carbocycles. The van der Waals surface area contributed by atoms with E-state index in [4.69, 9.17) is 4.74 Å². The van der Waals surface area contributed by atoms with Crippen molar-refractivity contribution in [1.29, 1.82) is 0 Å². The van der Waals surface area contributed by atoms with Crippen LogP contribution >= 0.6 is 0 Å². The van der Waals surface area contributed by atoms with Crippen LogP contribution in [-0.4, -0.2) is 49.1 Å². The number of nitrogens with one attached hydrogen (secondary N) is 2. The standard InChI is InChI=1S/C21H26F3N5O/c1-25-20(26-12-17-4-3-5-19(27-17)30-2)28-18-10-11-29(14-18)13-15-6-8-16(9-7-15)21(22,23)24/h3-9,18H,10-14H2,1-2H3,(H2,25,26,28). The van der Waals surface area contributed by atoms with Gasteiger partial charge in [-0.3, -0.25) is 9.89 Å². The van der Waals surface area contributed by atoms with Crippen LogP contribution in [0.3, 0.4) is 0 Å². The molecule has 30 heavy (non-hydrogen) atoms. The molecule has 1 fully saturated rings. The molecule has 1 aliphatic heterocycles. The molecule has 0 amide bonds. The number of alkyl halides is 3. The van der Waals surface area contributed by atoms with E-state index in [2.05, 4.69) is 25.5 Å². The number of nitrogens with zero attached hydrogens (tertiary/aromatic N) is 3. The molecule has 0 saturated carbocycles. The number of likely N-dealkylation sites (tertiary alicyclic amines) is 1. The van der Waals surface area contributed by atoms with E-state index in [1.807, 2.05) is 12.1 Å². The SMILES string of the molecule is CN=C(NCc1cccc(OC)n1)NC1CCN(Cc2ccc(C(F)(F)F)cc2)C1. The molecule has 9 heteroatoms. The van der Waals surface area contributed by atoms with Gasteiger partial charge in [-0.2, -0.15) is 13.2 Å². The minimum absolute atomic E-state index is 0.212. The van der Waals surface area contributed by atoms with Gasteiger partial charge in [0.15, 0.2) is 5.96 Å². The molecular formula is C21H26F3N5O. The van der Waals surface area contributed by atoms with Crippen LogP contribution in [0.4, 0.5) is 13.2 Å². The Hall–Kier alpha value is -2.81. The number of benzene rings is 1. The zero-order valence-electron chi connectivity index (χ0n) is 17.0. The molecule has 3 rings (SSSR count). The average Bonchev–Trinajstić information content (AvgIpc) is 3.17. The van der Waals surface area contributed by atoms with E-state index >= 15 is 0 Å². The largest absolute Gasteiger partial charge is 0.481 e. The van der Waals surface area contributed by atoms with Crippen molar-refractivity contribution < 1.29 is 17.9 Å². The minimum Gasteiger partial charge on any atom is -0.481 e. The Morgan fingerprint density at radius 3 is 2.67 bits per heavy atom. The minimum atomic E-state index is -4.30. The van der Waals surface area contributed by atoms with Crippen LogP contribution < -0.4 is 15.4 Å². The number of hydrogen-bond donors (Lipinski definition) is 2. The second-order valence-corrected chi connectivity index (χ2v) is 7.16. The number of aromatic nitrogens is 1. The van der Waals surface area contributed by atoms with Crippen LogP contribution in [0.15, 0.2) is 47.5 Å². The van der Waals surface area contributed by atoms with Gasteiger partial charge in [0.05, 0.1) is 24.9 Å². The summed E-state index contributed by atoms with van der Waals surface area (Å²) in [7, 11) is 3.29. The summed E-state index contributed by atoms with van der Waals surface area (Å²) in [5, 5.41) is 6.64. The fraction of sp³-hybridized carbons (Fsp3) is 0.429. The lowest BCUT2D eigenvalue weighted by molar-refractivity contribution is -0.137. The van der Waals surface area contributed by atoms with Crippen LogP contribution in [0.25, 0.3) is 0 Å². The molecule has 1 saturated heterocycles. The number of rotatable bonds is 6. The van der Waals surface area contributed by atoms with Gasteiger partial charge in [0, 0.05) is 38.8 Å². The topological polar surface area (TPSA) is 61.8 Å². The number of halogens is 3. The second kappa shape index (κ2) is 9.80. The molecule has 0 aliphatic carbocycles. The Morgan fingerprint density at radius 2 is 2.00 bits per heavy atom. The monoisotopic (exact) mass is 421 g/mol. The van der Waals surface area contributed by atoms with Crippen molar-refractivity contribution >= 4 is 5.96 Å². The van der Waals surface area contributed by atoms with Crippen molar-refractivity contribution in [2.24, 2.45) is 4.99 Å². The van der Waals surface area contributed by atoms with Crippen LogP contribution in [-0.2, 0) is 19.3 Å². The van der Waals surface area contributed by atoms with Gasteiger partial charge < -0.3 is 15.4 Å². The highest BCUT2D eigenvalue weighted by Gasteiger charge is 2.30. The number of guanidine groups is 1. The van der Waals surface area contributed by atoms with Gasteiger partial charge in [0.2, 0.25) is 5.88 Å². The first-order chi connectivity index (χ1) is 14.4. The molecule has 1 unspecified atom stereocenters. The van der Waals surface area contributed by atoms with Crippen molar-refractivity contribution in [1.82, 2.24) is 20.5 Å². The third-order valence-electron chi connectivity index (χ3n) is 4.95. The Labute approximate surface area is 174 Å². The molecule has 162 valence electrons. The zero-order valence-corrected chi connectivity index (χ0v) is 17.0. The first-order valence-electron chi connectivity index (χ1n) is 9.73. The summed E-state index contributed by atoms with van der Waals surface area (Å²) < 4.78 is 43.2. The summed E-state index contributed by atoms with van der Waals surface area (Å²) in [6, 6.07) is 11.2. The summed E-state index contributed by atoms with van der Waals surface area (Å²) in [4.78, 5) is 10.8. The molecule has 0 bridgehead atoms. The molecule has 2 aromatic rings. The highest BCUT2D eigenvalue weighted by molar-refractivity contribution is 5.79. The molecule has 1 atom stereocenters. The van der Waals surface area contributed by atoms with E-state index < -0.39 is 11.7 Å². The predicted octanol–water partition coefficient (Wildman–Crippen LogP) is 3.05. The van der Waals surface area contributed by atoms with Gasteiger partial charge in [-0.05, 0) is 30.2 Å². The molecule has 1 aliphatic rings. The molecular weight excluding hydrogens is 395 g/mol. The molecule has 0 spiro atoms. The third kappa shape index (κ3) is 6.09. The van der Waals surface area contributed by atoms with E-state index in [-0.39, 0.29) is 6.04 Å². The maximum Gasteiger partial charge on any atom is 0.416 e. The maximum absolute atomic E-state index is 12.7. The van der Waals surface area contributed by atoms with Gasteiger partial charge >= 0.3 is 6.18 Å². The van der Waals surface area contributed by atoms with E-state index in [9.17, 15) is 13.2 Å². The first kappa shape index (κ1) is 21.9. The average molecular weight is 421 g/mol. The molecule has 6 nitrogen and oxygen atoms in total. The fourth-order valence-electron chi connectivity index (χ4n) is 3.38. The molecule has 1 aromatic heterocycles. The highest BCUT2D eigenvalue weighted by Crippen LogP contribution is 2.29. The fourth-order valence-corrected chi connectivity index (χ4v) is 3.38. The Morgan fingerprint density at radius 1 is 1.23 bits per heavy atom. The third-order valence-corrected chi connectivity index (χ3v) is 4.95. The normalized spacial score (nSPS) is 17.8. The van der Waals surface area contributed by atoms with Crippen LogP contribution in [0, 0.1) is 0 Å². The summed E-state index contributed by atoms with van der Waals surface area (Å²) in [6.07, 6.45) is -3.37. The van der Waals surface area contributed by atoms with E-state index in [0.29, 0.717) is 24.9 Å². The number of ether oxygens (including phenoxy) is 1. The smallest absolute Gasteiger partial charge is 0.416 e. The van der Waals surface area contributed by atoms with Gasteiger partial charge in [-0.1, -0.05) is 18.2 Å². The summed E-state index contributed by atoms with van der Waals surface area (Å²) in [6.45, 7) is 2.79. The quantitative estimate of drug-likeness (QED) is 0.555. The first-order valence-corrected chi connectivity index (χ1v) is 9.73. The van der Waals surface area contributed by atoms with Crippen LogP contribution in [0.1, 0.15) is 23.2 Å². The van der Waals surface area contributed by atoms with Crippen molar-refractivity contribution in [2.45, 2.75) is 31.7 Å². The summed E-state index contributed by atoms with van der Waals surface area (Å²) in [5.41, 5.74) is 1.09. The molecule has 0 radical (unpaired) electrons. The van der Waals surface area contributed by atoms with Crippen molar-refractivity contribution in [3.05, 3.63) is 59.3 Å². The lowest BCUT2D eigenvalue weighted by atomic mass is 10.1. The maximum atomic E-state index is 12.7. The lowest BCUT2D eigenvalue weighted by Gasteiger charge is -2.19. The van der Waals surface area contributed by atoms with Gasteiger partial charge in [0.1, 0.15) is 0 Å². The van der Waals surface area contributed by atoms with Crippen molar-refractivity contribution in [2.75, 3.05) is 27.2 Å². The number of aliphatic imine (C=N–C) groups is 1. The van der Waals surface area contributed by atoms with E-state index in [0.717, 1.165) is 42.9 Å². The number of pyridine rings is 1. The molecule has 2 N–H and O–H groups in total. The number of methoxy groups -OCH3 is 1. The highest BCUT2D eigenvalue weighted by atomic mass is 19.4. The van der Waals surface area contributed by atoms with Gasteiger partial charge in [-0.25, -0.2) is 4.98 Å². The Bertz CT molecular complexity index is 854. The van der Waals surface area contributed by atoms with E-state index in [1.165, 1.54) is 0 Å². The van der Waals surface area contributed by atoms with E-state index in [1.54, 1.807) is 32.4 Å². The second-order valence-electron chi connectivity index (χ2n) is 7.16. The number of hydrogen-bond acceptors (Lipinski definition) is 4. The Kier molecular flexibility index (Phi) is 7.15. The van der Waals surface area contributed by atoms with Crippen molar-refractivity contribution in [3.8, 4) is 5.88 Å². The lowest BCUT2D eigenvalue weighted by Crippen LogP contribution is -2.44. The summed E-state index contributed by atoms with van der Waals surface area (Å²) in [5.74, 6) is 1.24. The Balaban J connectivity index is 1.47. The van der Waals surface area contributed by atoms with Gasteiger partial charge in [-0.15, -0.1) is 0 Å². The predicted molar refractivity (Wildman–Crippen MR) is 109 cm³/mol.